The number of rotatable bonds is 4. The second-order valence-corrected chi connectivity index (χ2v) is 4.74. The molecule has 0 unspecified atom stereocenters. The van der Waals surface area contributed by atoms with Crippen molar-refractivity contribution in [1.29, 1.82) is 0 Å². The van der Waals surface area contributed by atoms with Gasteiger partial charge in [0.15, 0.2) is 11.6 Å². The van der Waals surface area contributed by atoms with E-state index >= 15 is 0 Å². The lowest BCUT2D eigenvalue weighted by Gasteiger charge is -2.09. The highest BCUT2D eigenvalue weighted by molar-refractivity contribution is 5.76. The van der Waals surface area contributed by atoms with Gasteiger partial charge in [-0.15, -0.1) is 0 Å². The molecule has 8 nitrogen and oxygen atoms in total. The van der Waals surface area contributed by atoms with Crippen molar-refractivity contribution in [2.75, 3.05) is 5.32 Å². The van der Waals surface area contributed by atoms with Crippen LogP contribution in [0.5, 0.6) is 0 Å². The van der Waals surface area contributed by atoms with Gasteiger partial charge in [-0.1, -0.05) is 0 Å². The lowest BCUT2D eigenvalue weighted by Crippen LogP contribution is -2.01. The molecule has 0 saturated heterocycles. The van der Waals surface area contributed by atoms with Crippen molar-refractivity contribution in [3.8, 4) is 22.7 Å². The van der Waals surface area contributed by atoms with Crippen LogP contribution >= 0.6 is 0 Å². The van der Waals surface area contributed by atoms with Gasteiger partial charge >= 0.3 is 0 Å². The van der Waals surface area contributed by atoms with Crippen molar-refractivity contribution in [2.24, 2.45) is 0 Å². The second-order valence-electron chi connectivity index (χ2n) is 4.74. The summed E-state index contributed by atoms with van der Waals surface area (Å²) in [5.74, 6) is 1.56. The van der Waals surface area contributed by atoms with Crippen LogP contribution in [-0.2, 0) is 0 Å². The summed E-state index contributed by atoms with van der Waals surface area (Å²) < 4.78 is 5.50. The summed E-state index contributed by atoms with van der Waals surface area (Å²) in [6.07, 6.45) is 11.2. The molecule has 0 amide bonds. The molecule has 0 aliphatic heterocycles. The van der Waals surface area contributed by atoms with Crippen LogP contribution in [0.2, 0.25) is 0 Å². The number of hydrogen-bond donors (Lipinski definition) is 1. The predicted molar refractivity (Wildman–Crippen MR) is 86.1 cm³/mol. The Kier molecular flexibility index (Phi) is 3.61. The number of nitrogens with one attached hydrogen (secondary N) is 1. The zero-order valence-corrected chi connectivity index (χ0v) is 12.4. The summed E-state index contributed by atoms with van der Waals surface area (Å²) in [7, 11) is 0. The van der Waals surface area contributed by atoms with E-state index in [2.05, 4.69) is 35.2 Å². The molecule has 0 saturated carbocycles. The highest BCUT2D eigenvalue weighted by atomic mass is 16.3. The zero-order valence-electron chi connectivity index (χ0n) is 12.4. The standard InChI is InChI=1S/C16H11N7O/c1-2-13(24-7-1)15-11(12-3-4-18-10-21-12)8-20-16(23-15)22-14-9-17-5-6-19-14/h1-10H,(H,19,20,22,23). The Balaban J connectivity index is 1.78. The van der Waals surface area contributed by atoms with Gasteiger partial charge in [-0.3, -0.25) is 4.98 Å². The molecule has 24 heavy (non-hydrogen) atoms. The summed E-state index contributed by atoms with van der Waals surface area (Å²) in [5.41, 5.74) is 2.08. The maximum Gasteiger partial charge on any atom is 0.229 e. The lowest BCUT2D eigenvalue weighted by molar-refractivity contribution is 0.580. The van der Waals surface area contributed by atoms with Crippen LogP contribution < -0.4 is 5.32 Å². The molecule has 0 atom stereocenters. The summed E-state index contributed by atoms with van der Waals surface area (Å²) in [6, 6.07) is 5.43. The average Bonchev–Trinajstić information content (AvgIpc) is 3.18. The number of furan rings is 1. The van der Waals surface area contributed by atoms with Crippen molar-refractivity contribution >= 4 is 11.8 Å². The fourth-order valence-electron chi connectivity index (χ4n) is 2.16. The predicted octanol–water partition coefficient (Wildman–Crippen LogP) is 2.73. The van der Waals surface area contributed by atoms with E-state index < -0.39 is 0 Å². The van der Waals surface area contributed by atoms with Crippen molar-refractivity contribution in [1.82, 2.24) is 29.9 Å². The molecule has 4 rings (SSSR count). The fraction of sp³-hybridized carbons (Fsp3) is 0. The van der Waals surface area contributed by atoms with E-state index in [1.807, 2.05) is 6.07 Å². The molecule has 0 bridgehead atoms. The molecule has 0 aliphatic carbocycles. The number of hydrogen-bond acceptors (Lipinski definition) is 8. The first kappa shape index (κ1) is 13.9. The Hall–Kier alpha value is -3.68. The third-order valence-electron chi connectivity index (χ3n) is 3.20. The van der Waals surface area contributed by atoms with Gasteiger partial charge in [-0.25, -0.2) is 24.9 Å². The summed E-state index contributed by atoms with van der Waals surface area (Å²) >= 11 is 0. The molecule has 8 heteroatoms. The zero-order chi connectivity index (χ0) is 16.2. The number of anilines is 2. The van der Waals surface area contributed by atoms with Crippen molar-refractivity contribution < 1.29 is 4.42 Å². The van der Waals surface area contributed by atoms with E-state index in [1.54, 1.807) is 49.4 Å². The molecule has 0 fully saturated rings. The molecular weight excluding hydrogens is 306 g/mol. The molecule has 0 aliphatic rings. The third-order valence-corrected chi connectivity index (χ3v) is 3.20. The smallest absolute Gasteiger partial charge is 0.229 e. The molecule has 116 valence electrons. The minimum absolute atomic E-state index is 0.389. The van der Waals surface area contributed by atoms with Gasteiger partial charge in [0.2, 0.25) is 5.95 Å². The van der Waals surface area contributed by atoms with Crippen LogP contribution in [0.1, 0.15) is 0 Å². The molecular formula is C16H11N7O. The van der Waals surface area contributed by atoms with E-state index in [9.17, 15) is 0 Å². The Bertz CT molecular complexity index is 927. The van der Waals surface area contributed by atoms with Crippen molar-refractivity contribution in [2.45, 2.75) is 0 Å². The topological polar surface area (TPSA) is 103 Å². The first-order valence-corrected chi connectivity index (χ1v) is 7.10. The van der Waals surface area contributed by atoms with Crippen LogP contribution in [0.3, 0.4) is 0 Å². The van der Waals surface area contributed by atoms with Gasteiger partial charge in [-0.2, -0.15) is 0 Å². The van der Waals surface area contributed by atoms with E-state index in [-0.39, 0.29) is 0 Å². The summed E-state index contributed by atoms with van der Waals surface area (Å²) in [5, 5.41) is 3.01. The van der Waals surface area contributed by atoms with Crippen LogP contribution in [-0.4, -0.2) is 29.9 Å². The molecule has 1 N–H and O–H groups in total. The van der Waals surface area contributed by atoms with Crippen LogP contribution in [0.25, 0.3) is 22.7 Å². The average molecular weight is 317 g/mol. The highest BCUT2D eigenvalue weighted by Crippen LogP contribution is 2.30. The molecule has 0 aromatic carbocycles. The minimum atomic E-state index is 0.389. The maximum atomic E-state index is 5.50. The Morgan fingerprint density at radius 2 is 1.92 bits per heavy atom. The molecule has 4 aromatic heterocycles. The summed E-state index contributed by atoms with van der Waals surface area (Å²) in [6.45, 7) is 0. The van der Waals surface area contributed by atoms with E-state index in [0.29, 0.717) is 28.9 Å². The Morgan fingerprint density at radius 3 is 2.67 bits per heavy atom. The van der Waals surface area contributed by atoms with E-state index in [1.165, 1.54) is 6.33 Å². The molecule has 4 aromatic rings. The van der Waals surface area contributed by atoms with Gasteiger partial charge in [0.1, 0.15) is 12.0 Å². The van der Waals surface area contributed by atoms with Crippen molar-refractivity contribution in [3.63, 3.8) is 0 Å². The van der Waals surface area contributed by atoms with E-state index in [4.69, 9.17) is 4.42 Å². The fourth-order valence-corrected chi connectivity index (χ4v) is 2.16. The number of nitrogens with zero attached hydrogens (tertiary/aromatic N) is 6. The lowest BCUT2D eigenvalue weighted by atomic mass is 10.1. The van der Waals surface area contributed by atoms with E-state index in [0.717, 1.165) is 5.56 Å². The Labute approximate surface area is 136 Å². The monoisotopic (exact) mass is 317 g/mol. The molecule has 4 heterocycles. The highest BCUT2D eigenvalue weighted by Gasteiger charge is 2.15. The molecule has 0 spiro atoms. The SMILES string of the molecule is c1coc(-c2nc(Nc3cnccn3)ncc2-c2ccncn2)c1. The van der Waals surface area contributed by atoms with Crippen molar-refractivity contribution in [3.05, 3.63) is 61.8 Å². The van der Waals surface area contributed by atoms with Crippen LogP contribution in [0.4, 0.5) is 11.8 Å². The first-order chi connectivity index (χ1) is 11.9. The van der Waals surface area contributed by atoms with Crippen LogP contribution in [0.15, 0.2) is 66.2 Å². The first-order valence-electron chi connectivity index (χ1n) is 7.10. The molecule has 0 radical (unpaired) electrons. The largest absolute Gasteiger partial charge is 0.463 e. The minimum Gasteiger partial charge on any atom is -0.463 e. The second kappa shape index (κ2) is 6.21. The van der Waals surface area contributed by atoms with Gasteiger partial charge in [0.05, 0.1) is 18.2 Å². The number of aromatic nitrogens is 6. The van der Waals surface area contributed by atoms with Gasteiger partial charge < -0.3 is 9.73 Å². The van der Waals surface area contributed by atoms with Crippen LogP contribution in [0, 0.1) is 0 Å². The Morgan fingerprint density at radius 1 is 0.917 bits per heavy atom. The van der Waals surface area contributed by atoms with Gasteiger partial charge in [0.25, 0.3) is 0 Å². The summed E-state index contributed by atoms with van der Waals surface area (Å²) in [4.78, 5) is 25.2. The van der Waals surface area contributed by atoms with Gasteiger partial charge in [0, 0.05) is 30.4 Å². The normalized spacial score (nSPS) is 10.5. The quantitative estimate of drug-likeness (QED) is 0.613. The van der Waals surface area contributed by atoms with Gasteiger partial charge in [-0.05, 0) is 18.2 Å². The third kappa shape index (κ3) is 2.80. The maximum absolute atomic E-state index is 5.50.